The van der Waals surface area contributed by atoms with Crippen LogP contribution < -0.4 is 9.80 Å². The first-order valence-corrected chi connectivity index (χ1v) is 8.20. The van der Waals surface area contributed by atoms with E-state index < -0.39 is 0 Å². The average molecular weight is 331 g/mol. The summed E-state index contributed by atoms with van der Waals surface area (Å²) in [6.07, 6.45) is 5.15. The lowest BCUT2D eigenvalue weighted by Crippen LogP contribution is -3.12. The Labute approximate surface area is 141 Å². The first-order valence-electron chi connectivity index (χ1n) is 8.20. The SMILES string of the molecule is CCOC(=O)c1cnc(-n2cc(C)cn2)nc1N1CC[NH+](C)CC1. The van der Waals surface area contributed by atoms with Gasteiger partial charge in [-0.05, 0) is 19.4 Å². The molecule has 3 rings (SSSR count). The van der Waals surface area contributed by atoms with Crippen molar-refractivity contribution in [3.63, 3.8) is 0 Å². The lowest BCUT2D eigenvalue weighted by molar-refractivity contribution is -0.880. The molecule has 2 aromatic rings. The van der Waals surface area contributed by atoms with Crippen LogP contribution in [-0.2, 0) is 4.74 Å². The number of aromatic nitrogens is 4. The zero-order chi connectivity index (χ0) is 17.1. The van der Waals surface area contributed by atoms with Crippen LogP contribution in [-0.4, -0.2) is 65.6 Å². The van der Waals surface area contributed by atoms with Gasteiger partial charge in [0.25, 0.3) is 5.95 Å². The molecule has 0 unspecified atom stereocenters. The Kier molecular flexibility index (Phi) is 4.75. The average Bonchev–Trinajstić information content (AvgIpc) is 3.02. The standard InChI is InChI=1S/C16H22N6O2/c1-4-24-15(23)13-10-17-16(22-11-12(2)9-18-22)19-14(13)21-7-5-20(3)6-8-21/h9-11H,4-8H2,1-3H3/p+1. The summed E-state index contributed by atoms with van der Waals surface area (Å²) in [4.78, 5) is 24.8. The molecule has 0 amide bonds. The number of piperazine rings is 1. The number of ether oxygens (including phenoxy) is 1. The van der Waals surface area contributed by atoms with Crippen molar-refractivity contribution in [3.05, 3.63) is 29.7 Å². The maximum absolute atomic E-state index is 12.3. The van der Waals surface area contributed by atoms with Crippen LogP contribution in [0.3, 0.4) is 0 Å². The van der Waals surface area contributed by atoms with Gasteiger partial charge < -0.3 is 14.5 Å². The van der Waals surface area contributed by atoms with E-state index in [4.69, 9.17) is 4.74 Å². The molecule has 0 radical (unpaired) electrons. The zero-order valence-corrected chi connectivity index (χ0v) is 14.3. The molecule has 0 aliphatic carbocycles. The van der Waals surface area contributed by atoms with Gasteiger partial charge in [0.05, 0.1) is 46.0 Å². The number of aryl methyl sites for hydroxylation is 1. The van der Waals surface area contributed by atoms with Gasteiger partial charge in [-0.15, -0.1) is 0 Å². The molecule has 1 saturated heterocycles. The maximum Gasteiger partial charge on any atom is 0.343 e. The third-order valence-electron chi connectivity index (χ3n) is 4.08. The molecular weight excluding hydrogens is 308 g/mol. The fourth-order valence-corrected chi connectivity index (χ4v) is 2.69. The number of quaternary nitrogens is 1. The fraction of sp³-hybridized carbons (Fsp3) is 0.500. The molecule has 0 bridgehead atoms. The van der Waals surface area contributed by atoms with Crippen molar-refractivity contribution in [1.29, 1.82) is 0 Å². The Morgan fingerprint density at radius 3 is 2.71 bits per heavy atom. The molecule has 8 heteroatoms. The zero-order valence-electron chi connectivity index (χ0n) is 14.3. The lowest BCUT2D eigenvalue weighted by Gasteiger charge is -2.31. The minimum absolute atomic E-state index is 0.325. The van der Waals surface area contributed by atoms with Crippen molar-refractivity contribution in [2.24, 2.45) is 0 Å². The van der Waals surface area contributed by atoms with Crippen LogP contribution in [0.4, 0.5) is 5.82 Å². The molecule has 3 heterocycles. The summed E-state index contributed by atoms with van der Waals surface area (Å²) in [5.41, 5.74) is 1.43. The molecule has 24 heavy (non-hydrogen) atoms. The summed E-state index contributed by atoms with van der Waals surface area (Å²) in [6, 6.07) is 0. The van der Waals surface area contributed by atoms with E-state index in [-0.39, 0.29) is 5.97 Å². The van der Waals surface area contributed by atoms with Crippen LogP contribution in [0.1, 0.15) is 22.8 Å². The Bertz CT molecular complexity index is 721. The molecule has 1 fully saturated rings. The Morgan fingerprint density at radius 1 is 1.33 bits per heavy atom. The van der Waals surface area contributed by atoms with Gasteiger partial charge in [-0.25, -0.2) is 14.5 Å². The fourth-order valence-electron chi connectivity index (χ4n) is 2.69. The topological polar surface area (TPSA) is 77.6 Å². The summed E-state index contributed by atoms with van der Waals surface area (Å²) >= 11 is 0. The van der Waals surface area contributed by atoms with E-state index in [9.17, 15) is 4.79 Å². The highest BCUT2D eigenvalue weighted by molar-refractivity contribution is 5.94. The minimum Gasteiger partial charge on any atom is -0.462 e. The molecule has 0 atom stereocenters. The van der Waals surface area contributed by atoms with Gasteiger partial charge in [0.2, 0.25) is 0 Å². The van der Waals surface area contributed by atoms with Crippen LogP contribution >= 0.6 is 0 Å². The summed E-state index contributed by atoms with van der Waals surface area (Å²) in [6.45, 7) is 7.76. The van der Waals surface area contributed by atoms with E-state index in [0.29, 0.717) is 23.9 Å². The Hall–Kier alpha value is -2.48. The van der Waals surface area contributed by atoms with Gasteiger partial charge in [-0.1, -0.05) is 0 Å². The van der Waals surface area contributed by atoms with Crippen molar-refractivity contribution in [2.75, 3.05) is 44.7 Å². The normalized spacial score (nSPS) is 15.5. The van der Waals surface area contributed by atoms with E-state index in [2.05, 4.69) is 27.0 Å². The molecular formula is C16H23N6O2+. The molecule has 128 valence electrons. The second-order valence-electron chi connectivity index (χ2n) is 6.03. The molecule has 1 aliphatic rings. The second kappa shape index (κ2) is 6.96. The molecule has 1 aliphatic heterocycles. The maximum atomic E-state index is 12.3. The number of hydrogen-bond donors (Lipinski definition) is 1. The number of carbonyl (C=O) groups is 1. The number of nitrogens with zero attached hydrogens (tertiary/aromatic N) is 5. The number of nitrogens with one attached hydrogen (secondary N) is 1. The van der Waals surface area contributed by atoms with E-state index in [0.717, 1.165) is 31.7 Å². The van der Waals surface area contributed by atoms with Crippen molar-refractivity contribution in [2.45, 2.75) is 13.8 Å². The number of likely N-dealkylation sites (N-methyl/N-ethyl adjacent to an activating group) is 1. The Balaban J connectivity index is 1.98. The number of esters is 1. The first kappa shape index (κ1) is 16.4. The van der Waals surface area contributed by atoms with Crippen molar-refractivity contribution >= 4 is 11.8 Å². The number of carbonyl (C=O) groups excluding carboxylic acids is 1. The highest BCUT2D eigenvalue weighted by Crippen LogP contribution is 2.20. The largest absolute Gasteiger partial charge is 0.462 e. The quantitative estimate of drug-likeness (QED) is 0.760. The van der Waals surface area contributed by atoms with E-state index in [1.165, 1.54) is 11.1 Å². The van der Waals surface area contributed by atoms with Gasteiger partial charge in [-0.2, -0.15) is 10.1 Å². The molecule has 1 N–H and O–H groups in total. The van der Waals surface area contributed by atoms with Gasteiger partial charge in [0, 0.05) is 12.4 Å². The highest BCUT2D eigenvalue weighted by Gasteiger charge is 2.25. The van der Waals surface area contributed by atoms with Crippen LogP contribution in [0.2, 0.25) is 0 Å². The highest BCUT2D eigenvalue weighted by atomic mass is 16.5. The van der Waals surface area contributed by atoms with Crippen molar-refractivity contribution in [3.8, 4) is 5.95 Å². The predicted molar refractivity (Wildman–Crippen MR) is 88.7 cm³/mol. The molecule has 8 nitrogen and oxygen atoms in total. The van der Waals surface area contributed by atoms with Crippen molar-refractivity contribution in [1.82, 2.24) is 19.7 Å². The van der Waals surface area contributed by atoms with Crippen LogP contribution in [0.25, 0.3) is 5.95 Å². The van der Waals surface area contributed by atoms with Crippen LogP contribution in [0.5, 0.6) is 0 Å². The van der Waals surface area contributed by atoms with E-state index >= 15 is 0 Å². The van der Waals surface area contributed by atoms with Gasteiger partial charge >= 0.3 is 5.97 Å². The molecule has 0 aromatic carbocycles. The van der Waals surface area contributed by atoms with Gasteiger partial charge in [0.15, 0.2) is 0 Å². The van der Waals surface area contributed by atoms with Gasteiger partial charge in [0.1, 0.15) is 11.4 Å². The van der Waals surface area contributed by atoms with E-state index in [1.54, 1.807) is 17.8 Å². The second-order valence-corrected chi connectivity index (χ2v) is 6.03. The Morgan fingerprint density at radius 2 is 2.08 bits per heavy atom. The summed E-state index contributed by atoms with van der Waals surface area (Å²) < 4.78 is 6.78. The number of anilines is 1. The third-order valence-corrected chi connectivity index (χ3v) is 4.08. The number of hydrogen-bond acceptors (Lipinski definition) is 6. The van der Waals surface area contributed by atoms with Crippen LogP contribution in [0, 0.1) is 6.92 Å². The molecule has 0 saturated carbocycles. The first-order chi connectivity index (χ1) is 11.6. The predicted octanol–water partition coefficient (Wildman–Crippen LogP) is -0.518. The lowest BCUT2D eigenvalue weighted by atomic mass is 10.2. The molecule has 0 spiro atoms. The molecule has 2 aromatic heterocycles. The third kappa shape index (κ3) is 3.38. The van der Waals surface area contributed by atoms with Crippen LogP contribution in [0.15, 0.2) is 18.6 Å². The van der Waals surface area contributed by atoms with Gasteiger partial charge in [-0.3, -0.25) is 0 Å². The van der Waals surface area contributed by atoms with Crippen molar-refractivity contribution < 1.29 is 14.4 Å². The monoisotopic (exact) mass is 331 g/mol. The summed E-state index contributed by atoms with van der Waals surface area (Å²) in [5, 5.41) is 4.25. The van der Waals surface area contributed by atoms with E-state index in [1.807, 2.05) is 13.1 Å². The number of rotatable bonds is 4. The summed E-state index contributed by atoms with van der Waals surface area (Å²) in [5.74, 6) is 0.693. The minimum atomic E-state index is -0.387. The summed E-state index contributed by atoms with van der Waals surface area (Å²) in [7, 11) is 2.17. The smallest absolute Gasteiger partial charge is 0.343 e.